The highest BCUT2D eigenvalue weighted by molar-refractivity contribution is 5.84. The highest BCUT2D eigenvalue weighted by Gasteiger charge is 2.30. The standard InChI is InChI=1S/C23H31N3O3/c24-21(27)17-25(16-18-8-2-1-3-9-18)22(28)13-6-14-23(29)26-15-7-11-19-10-4-5-12-20(19)26/h1-3,8-9,12,19H,4-7,10-11,13-17H2,(H2,24,27). The second-order valence-corrected chi connectivity index (χ2v) is 8.00. The lowest BCUT2D eigenvalue weighted by Gasteiger charge is -2.38. The lowest BCUT2D eigenvalue weighted by molar-refractivity contribution is -0.136. The topological polar surface area (TPSA) is 83.7 Å². The van der Waals surface area contributed by atoms with Gasteiger partial charge in [0.2, 0.25) is 17.7 Å². The first-order chi connectivity index (χ1) is 14.0. The fraction of sp³-hybridized carbons (Fsp3) is 0.522. The number of nitrogens with zero attached hydrogens (tertiary/aromatic N) is 2. The number of rotatable bonds is 8. The second-order valence-electron chi connectivity index (χ2n) is 8.00. The van der Waals surface area contributed by atoms with Gasteiger partial charge in [0.05, 0.1) is 6.54 Å². The third-order valence-corrected chi connectivity index (χ3v) is 5.77. The van der Waals surface area contributed by atoms with E-state index in [-0.39, 0.29) is 24.8 Å². The van der Waals surface area contributed by atoms with Crippen molar-refractivity contribution in [2.45, 2.75) is 57.9 Å². The molecule has 0 spiro atoms. The number of fused-ring (bicyclic) bond motifs is 1. The zero-order valence-corrected chi connectivity index (χ0v) is 17.0. The van der Waals surface area contributed by atoms with Crippen LogP contribution >= 0.6 is 0 Å². The lowest BCUT2D eigenvalue weighted by Crippen LogP contribution is -2.39. The van der Waals surface area contributed by atoms with Crippen molar-refractivity contribution in [3.05, 3.63) is 47.7 Å². The van der Waals surface area contributed by atoms with Gasteiger partial charge < -0.3 is 15.5 Å². The Morgan fingerprint density at radius 2 is 1.83 bits per heavy atom. The van der Waals surface area contributed by atoms with Crippen molar-refractivity contribution in [1.29, 1.82) is 0 Å². The van der Waals surface area contributed by atoms with E-state index in [0.29, 0.717) is 25.3 Å². The number of amides is 3. The van der Waals surface area contributed by atoms with Crippen molar-refractivity contribution < 1.29 is 14.4 Å². The summed E-state index contributed by atoms with van der Waals surface area (Å²) in [5.41, 5.74) is 7.47. The first-order valence-corrected chi connectivity index (χ1v) is 10.6. The van der Waals surface area contributed by atoms with E-state index >= 15 is 0 Å². The maximum atomic E-state index is 12.8. The van der Waals surface area contributed by atoms with E-state index in [9.17, 15) is 14.4 Å². The number of benzene rings is 1. The molecule has 2 aliphatic rings. The molecule has 2 N–H and O–H groups in total. The van der Waals surface area contributed by atoms with Gasteiger partial charge in [0.1, 0.15) is 0 Å². The second kappa shape index (κ2) is 10.2. The monoisotopic (exact) mass is 397 g/mol. The van der Waals surface area contributed by atoms with Crippen LogP contribution in [0.4, 0.5) is 0 Å². The molecule has 3 amide bonds. The highest BCUT2D eigenvalue weighted by atomic mass is 16.2. The molecule has 1 aromatic rings. The van der Waals surface area contributed by atoms with Crippen LogP contribution in [0.5, 0.6) is 0 Å². The predicted octanol–water partition coefficient (Wildman–Crippen LogP) is 2.98. The summed E-state index contributed by atoms with van der Waals surface area (Å²) in [7, 11) is 0. The smallest absolute Gasteiger partial charge is 0.237 e. The van der Waals surface area contributed by atoms with Gasteiger partial charge in [-0.15, -0.1) is 0 Å². The van der Waals surface area contributed by atoms with Crippen LogP contribution in [0.3, 0.4) is 0 Å². The molecule has 1 unspecified atom stereocenters. The summed E-state index contributed by atoms with van der Waals surface area (Å²) < 4.78 is 0. The molecule has 29 heavy (non-hydrogen) atoms. The van der Waals surface area contributed by atoms with Crippen molar-refractivity contribution in [2.75, 3.05) is 13.1 Å². The van der Waals surface area contributed by atoms with E-state index in [4.69, 9.17) is 5.73 Å². The Balaban J connectivity index is 1.52. The summed E-state index contributed by atoms with van der Waals surface area (Å²) in [5.74, 6) is -0.0389. The number of nitrogens with two attached hydrogens (primary N) is 1. The number of hydrogen-bond acceptors (Lipinski definition) is 3. The Morgan fingerprint density at radius 3 is 2.59 bits per heavy atom. The van der Waals surface area contributed by atoms with E-state index in [0.717, 1.165) is 24.9 Å². The van der Waals surface area contributed by atoms with Gasteiger partial charge in [-0.05, 0) is 50.0 Å². The first kappa shape index (κ1) is 21.1. The molecule has 1 saturated heterocycles. The Kier molecular flexibility index (Phi) is 7.44. The third kappa shape index (κ3) is 5.92. The van der Waals surface area contributed by atoms with Gasteiger partial charge in [0.25, 0.3) is 0 Å². The van der Waals surface area contributed by atoms with Crippen LogP contribution < -0.4 is 5.73 Å². The Labute approximate surface area is 172 Å². The zero-order valence-electron chi connectivity index (χ0n) is 17.0. The highest BCUT2D eigenvalue weighted by Crippen LogP contribution is 2.35. The number of carbonyl (C=O) groups is 3. The van der Waals surface area contributed by atoms with Crippen LogP contribution in [0.1, 0.15) is 56.9 Å². The maximum Gasteiger partial charge on any atom is 0.237 e. The van der Waals surface area contributed by atoms with Gasteiger partial charge in [-0.2, -0.15) is 0 Å². The molecule has 1 aliphatic heterocycles. The molecule has 1 fully saturated rings. The van der Waals surface area contributed by atoms with Crippen LogP contribution in [0.15, 0.2) is 42.1 Å². The summed E-state index contributed by atoms with van der Waals surface area (Å²) in [6.45, 7) is 1.02. The molecule has 1 aromatic carbocycles. The summed E-state index contributed by atoms with van der Waals surface area (Å²) >= 11 is 0. The largest absolute Gasteiger partial charge is 0.368 e. The van der Waals surface area contributed by atoms with Gasteiger partial charge >= 0.3 is 0 Å². The van der Waals surface area contributed by atoms with E-state index in [1.54, 1.807) is 0 Å². The molecule has 6 heteroatoms. The summed E-state index contributed by atoms with van der Waals surface area (Å²) in [5, 5.41) is 0. The molecule has 6 nitrogen and oxygen atoms in total. The molecule has 0 saturated carbocycles. The average Bonchev–Trinajstić information content (AvgIpc) is 2.73. The number of carbonyl (C=O) groups excluding carboxylic acids is 3. The number of likely N-dealkylation sites (tertiary alicyclic amines) is 1. The fourth-order valence-electron chi connectivity index (χ4n) is 4.35. The number of allylic oxidation sites excluding steroid dienone is 2. The first-order valence-electron chi connectivity index (χ1n) is 10.6. The Bertz CT molecular complexity index is 760. The average molecular weight is 398 g/mol. The van der Waals surface area contributed by atoms with Crippen LogP contribution in [0, 0.1) is 5.92 Å². The minimum atomic E-state index is -0.533. The summed E-state index contributed by atoms with van der Waals surface area (Å²) in [4.78, 5) is 40.2. The molecule has 0 aromatic heterocycles. The minimum Gasteiger partial charge on any atom is -0.368 e. The van der Waals surface area contributed by atoms with Crippen molar-refractivity contribution in [2.24, 2.45) is 11.7 Å². The van der Waals surface area contributed by atoms with E-state index in [1.807, 2.05) is 35.2 Å². The molecule has 0 bridgehead atoms. The van der Waals surface area contributed by atoms with Crippen molar-refractivity contribution in [1.82, 2.24) is 9.80 Å². The Hall–Kier alpha value is -2.63. The molecular formula is C23H31N3O3. The zero-order chi connectivity index (χ0) is 20.6. The van der Waals surface area contributed by atoms with Gasteiger partial charge in [0, 0.05) is 31.6 Å². The number of primary amides is 1. The normalized spacial score (nSPS) is 18.6. The van der Waals surface area contributed by atoms with E-state index in [2.05, 4.69) is 6.08 Å². The van der Waals surface area contributed by atoms with E-state index in [1.165, 1.54) is 29.9 Å². The maximum absolute atomic E-state index is 12.8. The molecule has 156 valence electrons. The summed E-state index contributed by atoms with van der Waals surface area (Å²) in [6.07, 6.45) is 8.97. The van der Waals surface area contributed by atoms with Gasteiger partial charge in [-0.3, -0.25) is 14.4 Å². The quantitative estimate of drug-likeness (QED) is 0.732. The predicted molar refractivity (Wildman–Crippen MR) is 111 cm³/mol. The molecule has 0 radical (unpaired) electrons. The molecule has 3 rings (SSSR count). The van der Waals surface area contributed by atoms with Crippen LogP contribution in [0.25, 0.3) is 0 Å². The van der Waals surface area contributed by atoms with E-state index < -0.39 is 5.91 Å². The number of hydrogen-bond donors (Lipinski definition) is 1. The molecule has 1 heterocycles. The van der Waals surface area contributed by atoms with Crippen molar-refractivity contribution in [3.8, 4) is 0 Å². The minimum absolute atomic E-state index is 0.109. The third-order valence-electron chi connectivity index (χ3n) is 5.77. The van der Waals surface area contributed by atoms with Gasteiger partial charge in [0.15, 0.2) is 0 Å². The molecule has 1 aliphatic carbocycles. The number of piperidine rings is 1. The van der Waals surface area contributed by atoms with Crippen LogP contribution in [-0.4, -0.2) is 40.6 Å². The Morgan fingerprint density at radius 1 is 1.07 bits per heavy atom. The van der Waals surface area contributed by atoms with Crippen LogP contribution in [0.2, 0.25) is 0 Å². The molecule has 1 atom stereocenters. The molecular weight excluding hydrogens is 366 g/mol. The van der Waals surface area contributed by atoms with Crippen molar-refractivity contribution >= 4 is 17.7 Å². The van der Waals surface area contributed by atoms with Crippen molar-refractivity contribution in [3.63, 3.8) is 0 Å². The van der Waals surface area contributed by atoms with Crippen LogP contribution in [-0.2, 0) is 20.9 Å². The SMILES string of the molecule is NC(=O)CN(Cc1ccccc1)C(=O)CCCC(=O)N1CCCC2CCCC=C21. The summed E-state index contributed by atoms with van der Waals surface area (Å²) in [6, 6.07) is 9.52. The van der Waals surface area contributed by atoms with Gasteiger partial charge in [-0.1, -0.05) is 36.4 Å². The lowest BCUT2D eigenvalue weighted by atomic mass is 9.85. The van der Waals surface area contributed by atoms with Gasteiger partial charge in [-0.25, -0.2) is 0 Å². The fourth-order valence-corrected chi connectivity index (χ4v) is 4.35.